The number of aliphatic hydroxyl groups is 1. The van der Waals surface area contributed by atoms with Gasteiger partial charge in [0.05, 0.1) is 29.9 Å². The zero-order chi connectivity index (χ0) is 22.8. The Labute approximate surface area is 187 Å². The summed E-state index contributed by atoms with van der Waals surface area (Å²) in [5.74, 6) is -0.620. The molecule has 32 heavy (non-hydrogen) atoms. The number of pyridine rings is 2. The standard InChI is InChI=1S/C25H28N2O4Si/c1-5-25(30)13-21(28)31-23-18(25)12-20-22-17(14-27(20)24(23)29)15(10-11-32(2,3)4)16-8-6-7-9-19(16)26-22/h6-9,12,30H,5,10-11,13-14H2,1-4H3/t25-/m1/s1. The molecule has 0 fully saturated rings. The van der Waals surface area contributed by atoms with Gasteiger partial charge >= 0.3 is 5.97 Å². The molecule has 7 heteroatoms. The maximum atomic E-state index is 13.4. The molecule has 1 aromatic carbocycles. The Balaban J connectivity index is 1.76. The summed E-state index contributed by atoms with van der Waals surface area (Å²) in [6, 6.07) is 11.1. The maximum absolute atomic E-state index is 13.4. The van der Waals surface area contributed by atoms with Gasteiger partial charge in [0.15, 0.2) is 0 Å². The van der Waals surface area contributed by atoms with E-state index in [0.29, 0.717) is 24.2 Å². The van der Waals surface area contributed by atoms with Gasteiger partial charge in [-0.2, -0.15) is 0 Å². The highest BCUT2D eigenvalue weighted by Gasteiger charge is 2.42. The maximum Gasteiger partial charge on any atom is 0.314 e. The van der Waals surface area contributed by atoms with Crippen LogP contribution in [0.25, 0.3) is 22.3 Å². The van der Waals surface area contributed by atoms with Gasteiger partial charge in [-0.05, 0) is 30.5 Å². The van der Waals surface area contributed by atoms with Gasteiger partial charge in [0, 0.05) is 24.6 Å². The fourth-order valence-electron chi connectivity index (χ4n) is 4.87. The third-order valence-electron chi connectivity index (χ3n) is 6.79. The van der Waals surface area contributed by atoms with E-state index in [1.54, 1.807) is 11.5 Å². The van der Waals surface area contributed by atoms with Crippen LogP contribution in [-0.4, -0.2) is 28.7 Å². The summed E-state index contributed by atoms with van der Waals surface area (Å²) in [6.45, 7) is 9.30. The second-order valence-electron chi connectivity index (χ2n) is 10.2. The molecule has 2 aromatic heterocycles. The van der Waals surface area contributed by atoms with Gasteiger partial charge in [-0.25, -0.2) is 4.98 Å². The first-order valence-corrected chi connectivity index (χ1v) is 14.9. The summed E-state index contributed by atoms with van der Waals surface area (Å²) in [7, 11) is -1.28. The fourth-order valence-corrected chi connectivity index (χ4v) is 5.87. The number of esters is 1. The van der Waals surface area contributed by atoms with Crippen LogP contribution in [0.15, 0.2) is 35.1 Å². The average Bonchev–Trinajstić information content (AvgIpc) is 3.10. The number of fused-ring (bicyclic) bond motifs is 5. The van der Waals surface area contributed by atoms with E-state index in [4.69, 9.17) is 9.72 Å². The average molecular weight is 449 g/mol. The molecule has 1 atom stereocenters. The van der Waals surface area contributed by atoms with Crippen LogP contribution in [0.5, 0.6) is 5.75 Å². The Bertz CT molecular complexity index is 1340. The second kappa shape index (κ2) is 7.12. The van der Waals surface area contributed by atoms with Crippen LogP contribution in [0.3, 0.4) is 0 Å². The minimum absolute atomic E-state index is 0.0460. The number of benzene rings is 1. The largest absolute Gasteiger partial charge is 0.420 e. The minimum atomic E-state index is -1.40. The molecule has 2 aliphatic rings. The van der Waals surface area contributed by atoms with E-state index in [2.05, 4.69) is 25.7 Å². The van der Waals surface area contributed by atoms with Crippen LogP contribution in [0.4, 0.5) is 0 Å². The van der Waals surface area contributed by atoms with E-state index >= 15 is 0 Å². The van der Waals surface area contributed by atoms with E-state index in [-0.39, 0.29) is 17.7 Å². The first-order valence-electron chi connectivity index (χ1n) is 11.2. The van der Waals surface area contributed by atoms with Gasteiger partial charge in [-0.15, -0.1) is 0 Å². The van der Waals surface area contributed by atoms with Crippen LogP contribution < -0.4 is 10.3 Å². The summed E-state index contributed by atoms with van der Waals surface area (Å²) < 4.78 is 6.98. The first-order chi connectivity index (χ1) is 15.1. The molecule has 0 aliphatic carbocycles. The number of nitrogens with zero attached hydrogens (tertiary/aromatic N) is 2. The Morgan fingerprint density at radius 3 is 2.69 bits per heavy atom. The van der Waals surface area contributed by atoms with Crippen molar-refractivity contribution < 1.29 is 14.6 Å². The van der Waals surface area contributed by atoms with Crippen LogP contribution >= 0.6 is 0 Å². The summed E-state index contributed by atoms with van der Waals surface area (Å²) in [5, 5.41) is 12.3. The SMILES string of the molecule is CC[C@@]1(O)CC(=O)Oc2c1cc1n(c2=O)Cc2c-1nc1ccccc1c2CC[Si](C)(C)C. The molecular formula is C25H28N2O4Si. The van der Waals surface area contributed by atoms with Gasteiger partial charge in [0.2, 0.25) is 5.75 Å². The van der Waals surface area contributed by atoms with Crippen molar-refractivity contribution in [3.63, 3.8) is 0 Å². The summed E-state index contributed by atoms with van der Waals surface area (Å²) in [6.07, 6.45) is 1.10. The van der Waals surface area contributed by atoms with E-state index in [1.165, 1.54) is 5.56 Å². The number of aromatic nitrogens is 2. The monoisotopic (exact) mass is 448 g/mol. The van der Waals surface area contributed by atoms with E-state index in [1.807, 2.05) is 24.3 Å². The lowest BCUT2D eigenvalue weighted by Gasteiger charge is -2.32. The molecule has 4 heterocycles. The molecule has 2 aliphatic heterocycles. The van der Waals surface area contributed by atoms with Crippen molar-refractivity contribution in [1.29, 1.82) is 0 Å². The molecule has 0 unspecified atom stereocenters. The van der Waals surface area contributed by atoms with E-state index in [9.17, 15) is 14.7 Å². The number of hydrogen-bond donors (Lipinski definition) is 1. The molecule has 6 nitrogen and oxygen atoms in total. The highest BCUT2D eigenvalue weighted by molar-refractivity contribution is 6.76. The number of aryl methyl sites for hydroxylation is 1. The number of carbonyl (C=O) groups is 1. The summed E-state index contributed by atoms with van der Waals surface area (Å²) >= 11 is 0. The Morgan fingerprint density at radius 1 is 1.22 bits per heavy atom. The van der Waals surface area contributed by atoms with Gasteiger partial charge in [0.25, 0.3) is 5.56 Å². The van der Waals surface area contributed by atoms with E-state index < -0.39 is 19.6 Å². The van der Waals surface area contributed by atoms with Crippen molar-refractivity contribution in [2.75, 3.05) is 0 Å². The lowest BCUT2D eigenvalue weighted by atomic mass is 9.85. The molecule has 0 radical (unpaired) electrons. The lowest BCUT2D eigenvalue weighted by molar-refractivity contribution is -0.143. The van der Waals surface area contributed by atoms with Gasteiger partial charge in [-0.1, -0.05) is 50.8 Å². The number of carbonyl (C=O) groups excluding carboxylic acids is 1. The fraction of sp³-hybridized carbons (Fsp3) is 0.400. The predicted octanol–water partition coefficient (Wildman–Crippen LogP) is 4.21. The predicted molar refractivity (Wildman–Crippen MR) is 127 cm³/mol. The normalized spacial score (nSPS) is 19.5. The molecule has 1 N–H and O–H groups in total. The van der Waals surface area contributed by atoms with Crippen molar-refractivity contribution in [3.8, 4) is 17.1 Å². The smallest absolute Gasteiger partial charge is 0.314 e. The number of ether oxygens (including phenoxy) is 1. The molecule has 166 valence electrons. The Hall–Kier alpha value is -2.77. The topological polar surface area (TPSA) is 81.4 Å². The lowest BCUT2D eigenvalue weighted by Crippen LogP contribution is -2.39. The number of rotatable bonds is 4. The minimum Gasteiger partial charge on any atom is -0.420 e. The zero-order valence-electron chi connectivity index (χ0n) is 19.0. The molecule has 0 spiro atoms. The zero-order valence-corrected chi connectivity index (χ0v) is 20.0. The van der Waals surface area contributed by atoms with Crippen LogP contribution in [0.1, 0.15) is 36.5 Å². The van der Waals surface area contributed by atoms with Crippen molar-refractivity contribution in [3.05, 3.63) is 57.4 Å². The molecule has 0 amide bonds. The van der Waals surface area contributed by atoms with Crippen molar-refractivity contribution in [1.82, 2.24) is 9.55 Å². The second-order valence-corrected chi connectivity index (χ2v) is 15.8. The third kappa shape index (κ3) is 3.22. The Morgan fingerprint density at radius 2 is 1.97 bits per heavy atom. The van der Waals surface area contributed by atoms with Crippen LogP contribution in [0, 0.1) is 0 Å². The van der Waals surface area contributed by atoms with E-state index in [0.717, 1.165) is 34.6 Å². The van der Waals surface area contributed by atoms with Crippen molar-refractivity contribution in [2.24, 2.45) is 0 Å². The van der Waals surface area contributed by atoms with Crippen LogP contribution in [0.2, 0.25) is 25.7 Å². The molecular weight excluding hydrogens is 420 g/mol. The molecule has 0 bridgehead atoms. The Kier molecular flexibility index (Phi) is 4.69. The van der Waals surface area contributed by atoms with Crippen LogP contribution in [-0.2, 0) is 23.4 Å². The molecule has 5 rings (SSSR count). The van der Waals surface area contributed by atoms with Gasteiger partial charge in [0.1, 0.15) is 5.60 Å². The highest BCUT2D eigenvalue weighted by Crippen LogP contribution is 2.43. The number of para-hydroxylation sites is 1. The third-order valence-corrected chi connectivity index (χ3v) is 8.54. The van der Waals surface area contributed by atoms with Crippen molar-refractivity contribution >= 4 is 24.9 Å². The molecule has 3 aromatic rings. The molecule has 0 saturated heterocycles. The first kappa shape index (κ1) is 21.1. The summed E-state index contributed by atoms with van der Waals surface area (Å²) in [5.41, 5.74) is 3.31. The number of hydrogen-bond acceptors (Lipinski definition) is 5. The van der Waals surface area contributed by atoms with Gasteiger partial charge in [-0.3, -0.25) is 14.2 Å². The highest BCUT2D eigenvalue weighted by atomic mass is 28.3. The summed E-state index contributed by atoms with van der Waals surface area (Å²) in [4.78, 5) is 30.5. The quantitative estimate of drug-likeness (QED) is 0.374. The van der Waals surface area contributed by atoms with Gasteiger partial charge < -0.3 is 9.84 Å². The van der Waals surface area contributed by atoms with Crippen molar-refractivity contribution in [2.45, 2.75) is 64.0 Å². The molecule has 0 saturated carbocycles.